The lowest BCUT2D eigenvalue weighted by molar-refractivity contribution is -0.140. The van der Waals surface area contributed by atoms with E-state index < -0.39 is 24.0 Å². The van der Waals surface area contributed by atoms with Crippen LogP contribution in [0.5, 0.6) is 0 Å². The average molecular weight is 443 g/mol. The van der Waals surface area contributed by atoms with Gasteiger partial charge in [0.25, 0.3) is 0 Å². The van der Waals surface area contributed by atoms with Crippen molar-refractivity contribution < 1.29 is 24.6 Å². The number of hydrogen-bond acceptors (Lipinski definition) is 4. The number of carboxylic acids is 2. The standard InChI is InChI=1S/C16H21Cl2N3O5.ClH/c17-7-9-21(10-8-18)12-3-1-11(2-4-12)19-16(26)20-13(15(24)25)5-6-14(22)23;/h1-4,13H,5-10H2,(H,22,23)(H,24,25)(H2,19,20,26);1H/t13-;/m0./s1. The molecular weight excluding hydrogens is 421 g/mol. The van der Waals surface area contributed by atoms with Gasteiger partial charge in [0.15, 0.2) is 0 Å². The number of hydrogen-bond donors (Lipinski definition) is 4. The lowest BCUT2D eigenvalue weighted by Crippen LogP contribution is -2.43. The van der Waals surface area contributed by atoms with Crippen LogP contribution in [0, 0.1) is 0 Å². The van der Waals surface area contributed by atoms with Crippen molar-refractivity contribution in [3.05, 3.63) is 24.3 Å². The molecule has 152 valence electrons. The van der Waals surface area contributed by atoms with E-state index in [-0.39, 0.29) is 25.2 Å². The first-order valence-corrected chi connectivity index (χ1v) is 8.93. The van der Waals surface area contributed by atoms with Crippen molar-refractivity contribution in [3.63, 3.8) is 0 Å². The van der Waals surface area contributed by atoms with E-state index in [0.29, 0.717) is 30.5 Å². The highest BCUT2D eigenvalue weighted by molar-refractivity contribution is 6.18. The molecule has 2 amide bonds. The second-order valence-corrected chi connectivity index (χ2v) is 6.09. The SMILES string of the molecule is Cl.O=C(O)CC[C@H](NC(=O)Nc1ccc(N(CCCl)CCCl)cc1)C(=O)O. The van der Waals surface area contributed by atoms with Gasteiger partial charge in [-0.05, 0) is 30.7 Å². The molecule has 0 saturated heterocycles. The Labute approximate surface area is 173 Å². The lowest BCUT2D eigenvalue weighted by atomic mass is 10.1. The van der Waals surface area contributed by atoms with Crippen LogP contribution in [0.2, 0.25) is 0 Å². The maximum atomic E-state index is 11.9. The van der Waals surface area contributed by atoms with Crippen LogP contribution in [0.1, 0.15) is 12.8 Å². The molecule has 0 aliphatic rings. The summed E-state index contributed by atoms with van der Waals surface area (Å²) in [4.78, 5) is 35.5. The quantitative estimate of drug-likeness (QED) is 0.391. The zero-order valence-corrected chi connectivity index (χ0v) is 16.7. The maximum absolute atomic E-state index is 11.9. The third kappa shape index (κ3) is 9.55. The third-order valence-electron chi connectivity index (χ3n) is 3.45. The molecule has 0 aliphatic heterocycles. The molecule has 0 spiro atoms. The molecule has 1 rings (SSSR count). The molecule has 11 heteroatoms. The predicted molar refractivity (Wildman–Crippen MR) is 108 cm³/mol. The number of carboxylic acid groups (broad SMARTS) is 2. The molecular formula is C16H22Cl3N3O5. The van der Waals surface area contributed by atoms with Crippen LogP contribution in [0.25, 0.3) is 0 Å². The fraction of sp³-hybridized carbons (Fsp3) is 0.438. The number of alkyl halides is 2. The number of aliphatic carboxylic acids is 2. The zero-order chi connectivity index (χ0) is 19.5. The van der Waals surface area contributed by atoms with Crippen LogP contribution in [0.15, 0.2) is 24.3 Å². The summed E-state index contributed by atoms with van der Waals surface area (Å²) in [5.41, 5.74) is 1.35. The Morgan fingerprint density at radius 2 is 1.59 bits per heavy atom. The lowest BCUT2D eigenvalue weighted by Gasteiger charge is -2.23. The molecule has 8 nitrogen and oxygen atoms in total. The molecule has 1 aromatic carbocycles. The molecule has 4 N–H and O–H groups in total. The first-order valence-electron chi connectivity index (χ1n) is 7.86. The van der Waals surface area contributed by atoms with Crippen molar-refractivity contribution in [2.75, 3.05) is 35.1 Å². The number of anilines is 2. The first-order chi connectivity index (χ1) is 12.4. The molecule has 0 fully saturated rings. The van der Waals surface area contributed by atoms with Crippen LogP contribution in [0.3, 0.4) is 0 Å². The number of benzene rings is 1. The summed E-state index contributed by atoms with van der Waals surface area (Å²) in [5.74, 6) is -1.53. The second kappa shape index (κ2) is 13.3. The van der Waals surface area contributed by atoms with E-state index in [1.54, 1.807) is 24.3 Å². The number of rotatable bonds is 11. The van der Waals surface area contributed by atoms with E-state index in [0.717, 1.165) is 5.69 Å². The van der Waals surface area contributed by atoms with Crippen LogP contribution in [-0.2, 0) is 9.59 Å². The van der Waals surface area contributed by atoms with Crippen LogP contribution >= 0.6 is 35.6 Å². The molecule has 1 aromatic rings. The minimum atomic E-state index is -1.30. The average Bonchev–Trinajstić information content (AvgIpc) is 2.58. The molecule has 0 saturated carbocycles. The molecule has 0 heterocycles. The third-order valence-corrected chi connectivity index (χ3v) is 3.79. The Morgan fingerprint density at radius 1 is 1.04 bits per heavy atom. The Hall–Kier alpha value is -1.90. The number of carbonyl (C=O) groups is 3. The van der Waals surface area contributed by atoms with E-state index in [2.05, 4.69) is 10.6 Å². The number of urea groups is 1. The number of amides is 2. The highest BCUT2D eigenvalue weighted by Gasteiger charge is 2.21. The summed E-state index contributed by atoms with van der Waals surface area (Å²) in [6, 6.07) is 4.89. The van der Waals surface area contributed by atoms with E-state index in [9.17, 15) is 14.4 Å². The minimum Gasteiger partial charge on any atom is -0.481 e. The second-order valence-electron chi connectivity index (χ2n) is 5.33. The van der Waals surface area contributed by atoms with Gasteiger partial charge in [-0.2, -0.15) is 0 Å². The Balaban J connectivity index is 0.00000676. The summed E-state index contributed by atoms with van der Waals surface area (Å²) >= 11 is 11.5. The number of halogens is 3. The zero-order valence-electron chi connectivity index (χ0n) is 14.4. The van der Waals surface area contributed by atoms with Gasteiger partial charge >= 0.3 is 18.0 Å². The summed E-state index contributed by atoms with van der Waals surface area (Å²) in [6.07, 6.45) is -0.564. The van der Waals surface area contributed by atoms with Crippen LogP contribution in [0.4, 0.5) is 16.2 Å². The fourth-order valence-electron chi connectivity index (χ4n) is 2.18. The summed E-state index contributed by atoms with van der Waals surface area (Å²) in [6.45, 7) is 1.26. The minimum absolute atomic E-state index is 0. The molecule has 0 radical (unpaired) electrons. The topological polar surface area (TPSA) is 119 Å². The molecule has 0 aromatic heterocycles. The van der Waals surface area contributed by atoms with Gasteiger partial charge in [-0.25, -0.2) is 9.59 Å². The number of nitrogens with zero attached hydrogens (tertiary/aromatic N) is 1. The van der Waals surface area contributed by atoms with Crippen LogP contribution < -0.4 is 15.5 Å². The molecule has 0 unspecified atom stereocenters. The smallest absolute Gasteiger partial charge is 0.326 e. The van der Waals surface area contributed by atoms with Crippen molar-refractivity contribution in [3.8, 4) is 0 Å². The normalized spacial score (nSPS) is 11.0. The highest BCUT2D eigenvalue weighted by atomic mass is 35.5. The van der Waals surface area contributed by atoms with Gasteiger partial charge in [0, 0.05) is 42.6 Å². The van der Waals surface area contributed by atoms with Crippen molar-refractivity contribution >= 4 is 65.0 Å². The van der Waals surface area contributed by atoms with E-state index in [1.165, 1.54) is 0 Å². The van der Waals surface area contributed by atoms with E-state index in [4.69, 9.17) is 33.4 Å². The van der Waals surface area contributed by atoms with Gasteiger partial charge < -0.3 is 25.7 Å². The van der Waals surface area contributed by atoms with Crippen molar-refractivity contribution in [2.45, 2.75) is 18.9 Å². The van der Waals surface area contributed by atoms with Gasteiger partial charge in [-0.3, -0.25) is 4.79 Å². The van der Waals surface area contributed by atoms with Gasteiger partial charge in [-0.15, -0.1) is 35.6 Å². The van der Waals surface area contributed by atoms with Crippen molar-refractivity contribution in [1.29, 1.82) is 0 Å². The number of nitrogens with one attached hydrogen (secondary N) is 2. The summed E-state index contributed by atoms with van der Waals surface area (Å²) in [7, 11) is 0. The monoisotopic (exact) mass is 441 g/mol. The highest BCUT2D eigenvalue weighted by Crippen LogP contribution is 2.18. The van der Waals surface area contributed by atoms with E-state index in [1.807, 2.05) is 4.90 Å². The van der Waals surface area contributed by atoms with Crippen LogP contribution in [-0.4, -0.2) is 59.1 Å². The maximum Gasteiger partial charge on any atom is 0.326 e. The van der Waals surface area contributed by atoms with Gasteiger partial charge in [0.05, 0.1) is 0 Å². The first kappa shape index (κ1) is 25.1. The molecule has 27 heavy (non-hydrogen) atoms. The number of carbonyl (C=O) groups excluding carboxylic acids is 1. The predicted octanol–water partition coefficient (Wildman–Crippen LogP) is 2.83. The molecule has 0 aliphatic carbocycles. The Morgan fingerprint density at radius 3 is 2.04 bits per heavy atom. The van der Waals surface area contributed by atoms with E-state index >= 15 is 0 Å². The summed E-state index contributed by atoms with van der Waals surface area (Å²) in [5, 5.41) is 22.4. The Bertz CT molecular complexity index is 610. The van der Waals surface area contributed by atoms with Gasteiger partial charge in [0.1, 0.15) is 6.04 Å². The largest absolute Gasteiger partial charge is 0.481 e. The van der Waals surface area contributed by atoms with Gasteiger partial charge in [0.2, 0.25) is 0 Å². The van der Waals surface area contributed by atoms with Crippen molar-refractivity contribution in [2.24, 2.45) is 0 Å². The fourth-order valence-corrected chi connectivity index (χ4v) is 2.59. The molecule has 0 bridgehead atoms. The van der Waals surface area contributed by atoms with Gasteiger partial charge in [-0.1, -0.05) is 0 Å². The molecule has 1 atom stereocenters. The van der Waals surface area contributed by atoms with Crippen molar-refractivity contribution in [1.82, 2.24) is 5.32 Å². The summed E-state index contributed by atoms with van der Waals surface area (Å²) < 4.78 is 0. The Kier molecular flexibility index (Phi) is 12.4.